The van der Waals surface area contributed by atoms with Crippen LogP contribution in [0.1, 0.15) is 30.9 Å². The number of hydrogen-bond acceptors (Lipinski definition) is 5. The summed E-state index contributed by atoms with van der Waals surface area (Å²) in [6, 6.07) is 14.9. The molecule has 3 aromatic rings. The number of anilines is 2. The van der Waals surface area contributed by atoms with Gasteiger partial charge in [0.2, 0.25) is 0 Å². The molecule has 0 aliphatic carbocycles. The van der Waals surface area contributed by atoms with Crippen LogP contribution in [0.5, 0.6) is 0 Å². The number of fused-ring (bicyclic) bond motifs is 1. The highest BCUT2D eigenvalue weighted by Crippen LogP contribution is 2.32. The van der Waals surface area contributed by atoms with Crippen LogP contribution in [0.25, 0.3) is 10.8 Å². The summed E-state index contributed by atoms with van der Waals surface area (Å²) in [6.07, 6.45) is 0.110. The van der Waals surface area contributed by atoms with Crippen LogP contribution in [0, 0.1) is 0 Å². The minimum Gasteiger partial charge on any atom is -0.480 e. The van der Waals surface area contributed by atoms with Crippen molar-refractivity contribution < 1.29 is 18.3 Å². The lowest BCUT2D eigenvalue weighted by Crippen LogP contribution is -2.32. The zero-order valence-electron chi connectivity index (χ0n) is 18.7. The van der Waals surface area contributed by atoms with Crippen LogP contribution in [0.4, 0.5) is 11.4 Å². The number of carbonyl (C=O) groups is 1. The predicted octanol–water partition coefficient (Wildman–Crippen LogP) is 3.78. The van der Waals surface area contributed by atoms with Crippen molar-refractivity contribution in [3.05, 3.63) is 65.7 Å². The Balaban J connectivity index is 2.03. The number of hydrogen-bond donors (Lipinski definition) is 3. The number of sulfonamides is 1. The molecule has 0 heterocycles. The molecule has 32 heavy (non-hydrogen) atoms. The van der Waals surface area contributed by atoms with Crippen LogP contribution in [-0.2, 0) is 21.2 Å². The fourth-order valence-electron chi connectivity index (χ4n) is 3.83. The number of benzene rings is 3. The number of nitrogens with zero attached hydrogens (tertiary/aromatic N) is 1. The Kier molecular flexibility index (Phi) is 6.76. The second-order valence-corrected chi connectivity index (χ2v) is 10.00. The third kappa shape index (κ3) is 4.87. The van der Waals surface area contributed by atoms with E-state index in [-0.39, 0.29) is 17.2 Å². The fraction of sp³-hybridized carbons (Fsp3) is 0.292. The highest BCUT2D eigenvalue weighted by Gasteiger charge is 2.21. The van der Waals surface area contributed by atoms with E-state index in [4.69, 9.17) is 5.73 Å². The Hall–Kier alpha value is -3.10. The second-order valence-electron chi connectivity index (χ2n) is 8.35. The number of nitrogens with one attached hydrogen (secondary N) is 1. The quantitative estimate of drug-likeness (QED) is 0.476. The van der Waals surface area contributed by atoms with Gasteiger partial charge in [0.05, 0.1) is 4.90 Å². The molecule has 4 N–H and O–H groups in total. The minimum atomic E-state index is -3.89. The van der Waals surface area contributed by atoms with Gasteiger partial charge in [-0.3, -0.25) is 9.52 Å². The average molecular weight is 456 g/mol. The van der Waals surface area contributed by atoms with Gasteiger partial charge in [0.1, 0.15) is 6.04 Å². The Morgan fingerprint density at radius 1 is 1.06 bits per heavy atom. The molecular weight excluding hydrogens is 426 g/mol. The lowest BCUT2D eigenvalue weighted by molar-refractivity contribution is -0.138. The Labute approximate surface area is 188 Å². The number of aliphatic carboxylic acids is 1. The number of nitrogens with two attached hydrogens (primary N) is 1. The van der Waals surface area contributed by atoms with Crippen molar-refractivity contribution in [2.75, 3.05) is 23.7 Å². The maximum absolute atomic E-state index is 13.3. The summed E-state index contributed by atoms with van der Waals surface area (Å²) in [4.78, 5) is 13.4. The summed E-state index contributed by atoms with van der Waals surface area (Å²) in [5.74, 6) is -0.961. The van der Waals surface area contributed by atoms with Gasteiger partial charge in [-0.15, -0.1) is 0 Å². The van der Waals surface area contributed by atoms with E-state index in [0.29, 0.717) is 16.6 Å². The minimum absolute atomic E-state index is 0.110. The molecular formula is C24H29N3O4S. The van der Waals surface area contributed by atoms with Gasteiger partial charge in [-0.05, 0) is 47.7 Å². The van der Waals surface area contributed by atoms with Crippen LogP contribution in [-0.4, -0.2) is 39.6 Å². The number of rotatable bonds is 8. The van der Waals surface area contributed by atoms with E-state index in [1.165, 1.54) is 0 Å². The smallest absolute Gasteiger partial charge is 0.320 e. The molecule has 0 aromatic heterocycles. The topological polar surface area (TPSA) is 113 Å². The Morgan fingerprint density at radius 2 is 1.72 bits per heavy atom. The van der Waals surface area contributed by atoms with Gasteiger partial charge in [0.15, 0.2) is 0 Å². The van der Waals surface area contributed by atoms with Crippen molar-refractivity contribution in [2.45, 2.75) is 37.1 Å². The molecule has 0 aliphatic heterocycles. The van der Waals surface area contributed by atoms with Gasteiger partial charge in [0, 0.05) is 36.2 Å². The van der Waals surface area contributed by atoms with Gasteiger partial charge in [-0.1, -0.05) is 44.2 Å². The first-order valence-electron chi connectivity index (χ1n) is 10.3. The molecule has 1 atom stereocenters. The molecule has 170 valence electrons. The van der Waals surface area contributed by atoms with Crippen molar-refractivity contribution in [3.8, 4) is 0 Å². The summed E-state index contributed by atoms with van der Waals surface area (Å²) < 4.78 is 29.3. The van der Waals surface area contributed by atoms with Crippen LogP contribution in [0.2, 0.25) is 0 Å². The van der Waals surface area contributed by atoms with Crippen LogP contribution in [0.3, 0.4) is 0 Å². The van der Waals surface area contributed by atoms with Crippen molar-refractivity contribution >= 4 is 38.1 Å². The van der Waals surface area contributed by atoms with Gasteiger partial charge in [0.25, 0.3) is 10.0 Å². The molecule has 0 fully saturated rings. The first-order valence-corrected chi connectivity index (χ1v) is 11.8. The van der Waals surface area contributed by atoms with E-state index in [0.717, 1.165) is 16.6 Å². The summed E-state index contributed by atoms with van der Waals surface area (Å²) in [5, 5.41) is 10.7. The summed E-state index contributed by atoms with van der Waals surface area (Å²) in [7, 11) is -0.0720. The Morgan fingerprint density at radius 3 is 2.34 bits per heavy atom. The lowest BCUT2D eigenvalue weighted by Gasteiger charge is -2.19. The third-order valence-corrected chi connectivity index (χ3v) is 6.84. The number of carboxylic acid groups (broad SMARTS) is 1. The number of carboxylic acids is 1. The standard InChI is InChI=1S/C24H29N3O4S/c1-15(2)18-12-11-17(13-16(18)14-21(25)24(28)29)26-32(30,31)23-10-6-7-19-20(23)8-5-9-22(19)27(3)4/h5-13,15,21,26H,14,25H2,1-4H3,(H,28,29)/t21-/m0/s1. The zero-order chi connectivity index (χ0) is 23.6. The third-order valence-electron chi connectivity index (χ3n) is 5.40. The molecule has 8 heteroatoms. The SMILES string of the molecule is CC(C)c1ccc(NS(=O)(=O)c2cccc3c(N(C)C)cccc23)cc1C[C@H](N)C(=O)O. The molecule has 0 saturated heterocycles. The molecule has 0 unspecified atom stereocenters. The van der Waals surface area contributed by atoms with E-state index >= 15 is 0 Å². The molecule has 0 spiro atoms. The van der Waals surface area contributed by atoms with Crippen LogP contribution >= 0.6 is 0 Å². The van der Waals surface area contributed by atoms with E-state index in [1.807, 2.05) is 57.1 Å². The first-order chi connectivity index (χ1) is 15.0. The molecule has 0 bridgehead atoms. The molecule has 3 aromatic carbocycles. The van der Waals surface area contributed by atoms with Gasteiger partial charge in [-0.2, -0.15) is 0 Å². The van der Waals surface area contributed by atoms with Crippen LogP contribution < -0.4 is 15.4 Å². The highest BCUT2D eigenvalue weighted by atomic mass is 32.2. The fourth-order valence-corrected chi connectivity index (χ4v) is 5.10. The van der Waals surface area contributed by atoms with Crippen molar-refractivity contribution in [3.63, 3.8) is 0 Å². The van der Waals surface area contributed by atoms with E-state index in [1.54, 1.807) is 30.3 Å². The molecule has 0 amide bonds. The van der Waals surface area contributed by atoms with E-state index in [9.17, 15) is 18.3 Å². The van der Waals surface area contributed by atoms with E-state index < -0.39 is 22.0 Å². The molecule has 0 saturated carbocycles. The normalized spacial score (nSPS) is 12.7. The van der Waals surface area contributed by atoms with Crippen molar-refractivity contribution in [2.24, 2.45) is 5.73 Å². The van der Waals surface area contributed by atoms with E-state index in [2.05, 4.69) is 4.72 Å². The maximum Gasteiger partial charge on any atom is 0.320 e. The van der Waals surface area contributed by atoms with Crippen molar-refractivity contribution in [1.82, 2.24) is 0 Å². The molecule has 0 aliphatic rings. The van der Waals surface area contributed by atoms with Crippen LogP contribution in [0.15, 0.2) is 59.5 Å². The summed E-state index contributed by atoms with van der Waals surface area (Å²) in [6.45, 7) is 3.99. The summed E-state index contributed by atoms with van der Waals surface area (Å²) >= 11 is 0. The zero-order valence-corrected chi connectivity index (χ0v) is 19.5. The first kappa shape index (κ1) is 23.6. The largest absolute Gasteiger partial charge is 0.480 e. The lowest BCUT2D eigenvalue weighted by atomic mass is 9.93. The van der Waals surface area contributed by atoms with Gasteiger partial charge < -0.3 is 15.7 Å². The molecule has 3 rings (SSSR count). The van der Waals surface area contributed by atoms with Crippen molar-refractivity contribution in [1.29, 1.82) is 0 Å². The monoisotopic (exact) mass is 455 g/mol. The molecule has 0 radical (unpaired) electrons. The van der Waals surface area contributed by atoms with Gasteiger partial charge >= 0.3 is 5.97 Å². The predicted molar refractivity (Wildman–Crippen MR) is 129 cm³/mol. The molecule has 7 nitrogen and oxygen atoms in total. The maximum atomic E-state index is 13.3. The van der Waals surface area contributed by atoms with Gasteiger partial charge in [-0.25, -0.2) is 8.42 Å². The average Bonchev–Trinajstić information content (AvgIpc) is 2.72. The second kappa shape index (κ2) is 9.18. The highest BCUT2D eigenvalue weighted by molar-refractivity contribution is 7.93. The summed E-state index contributed by atoms with van der Waals surface area (Å²) in [5.41, 5.74) is 8.68. The Bertz CT molecular complexity index is 1250.